The van der Waals surface area contributed by atoms with Gasteiger partial charge in [-0.15, -0.1) is 11.3 Å². The normalized spacial score (nSPS) is 11.3. The van der Waals surface area contributed by atoms with E-state index in [1.807, 2.05) is 0 Å². The number of nitrogens with one attached hydrogen (secondary N) is 2. The van der Waals surface area contributed by atoms with E-state index in [4.69, 9.17) is 5.11 Å². The SMILES string of the molecule is CCNS(=O)(=O)c1ccc(CC(=O)NCCc2nc(C(=O)O)cs2)cc1. The minimum absolute atomic E-state index is 0.00364. The number of thiazole rings is 1. The Balaban J connectivity index is 1.83. The van der Waals surface area contributed by atoms with Gasteiger partial charge in [0, 0.05) is 24.9 Å². The molecule has 140 valence electrons. The van der Waals surface area contributed by atoms with Gasteiger partial charge >= 0.3 is 5.97 Å². The monoisotopic (exact) mass is 397 g/mol. The lowest BCUT2D eigenvalue weighted by Gasteiger charge is -2.07. The molecule has 0 bridgehead atoms. The van der Waals surface area contributed by atoms with E-state index in [0.29, 0.717) is 30.1 Å². The van der Waals surface area contributed by atoms with Crippen LogP contribution in [-0.2, 0) is 27.7 Å². The fraction of sp³-hybridized carbons (Fsp3) is 0.312. The summed E-state index contributed by atoms with van der Waals surface area (Å²) >= 11 is 1.24. The Bertz CT molecular complexity index is 876. The average Bonchev–Trinajstić information content (AvgIpc) is 3.04. The number of rotatable bonds is 9. The second-order valence-corrected chi connectivity index (χ2v) is 8.06. The number of aromatic nitrogens is 1. The zero-order valence-electron chi connectivity index (χ0n) is 14.1. The number of benzene rings is 1. The summed E-state index contributed by atoms with van der Waals surface area (Å²) in [5.41, 5.74) is 0.698. The second kappa shape index (κ2) is 8.88. The van der Waals surface area contributed by atoms with E-state index in [2.05, 4.69) is 15.0 Å². The van der Waals surface area contributed by atoms with Crippen LogP contribution in [-0.4, -0.2) is 43.5 Å². The summed E-state index contributed by atoms with van der Waals surface area (Å²) in [7, 11) is -3.50. The van der Waals surface area contributed by atoms with Gasteiger partial charge in [-0.1, -0.05) is 19.1 Å². The van der Waals surface area contributed by atoms with Crippen LogP contribution in [0.1, 0.15) is 28.0 Å². The smallest absolute Gasteiger partial charge is 0.355 e. The third kappa shape index (κ3) is 5.61. The summed E-state index contributed by atoms with van der Waals surface area (Å²) in [4.78, 5) is 26.8. The van der Waals surface area contributed by atoms with Gasteiger partial charge in [-0.05, 0) is 17.7 Å². The van der Waals surface area contributed by atoms with Gasteiger partial charge in [-0.25, -0.2) is 22.9 Å². The van der Waals surface area contributed by atoms with Crippen LogP contribution in [0, 0.1) is 0 Å². The fourth-order valence-corrected chi connectivity index (χ4v) is 3.95. The highest BCUT2D eigenvalue weighted by molar-refractivity contribution is 7.89. The first kappa shape index (κ1) is 20.0. The first-order chi connectivity index (χ1) is 12.3. The minimum Gasteiger partial charge on any atom is -0.476 e. The van der Waals surface area contributed by atoms with Crippen molar-refractivity contribution in [2.24, 2.45) is 0 Å². The van der Waals surface area contributed by atoms with Crippen LogP contribution in [0.25, 0.3) is 0 Å². The highest BCUT2D eigenvalue weighted by atomic mass is 32.2. The molecule has 0 fully saturated rings. The maximum absolute atomic E-state index is 11.9. The van der Waals surface area contributed by atoms with Crippen molar-refractivity contribution >= 4 is 33.2 Å². The molecule has 1 aromatic heterocycles. The average molecular weight is 397 g/mol. The van der Waals surface area contributed by atoms with Crippen LogP contribution in [0.15, 0.2) is 34.5 Å². The summed E-state index contributed by atoms with van der Waals surface area (Å²) in [6.07, 6.45) is 0.573. The van der Waals surface area contributed by atoms with Gasteiger partial charge in [0.2, 0.25) is 15.9 Å². The van der Waals surface area contributed by atoms with Crippen LogP contribution in [0.4, 0.5) is 0 Å². The number of hydrogen-bond donors (Lipinski definition) is 3. The number of nitrogens with zero attached hydrogens (tertiary/aromatic N) is 1. The van der Waals surface area contributed by atoms with Crippen LogP contribution < -0.4 is 10.0 Å². The van der Waals surface area contributed by atoms with E-state index < -0.39 is 16.0 Å². The topological polar surface area (TPSA) is 125 Å². The molecule has 26 heavy (non-hydrogen) atoms. The van der Waals surface area contributed by atoms with Crippen molar-refractivity contribution in [3.63, 3.8) is 0 Å². The molecule has 0 unspecified atom stereocenters. The van der Waals surface area contributed by atoms with Crippen molar-refractivity contribution in [1.29, 1.82) is 0 Å². The Hall–Kier alpha value is -2.30. The molecule has 0 spiro atoms. The van der Waals surface area contributed by atoms with Gasteiger partial charge in [0.1, 0.15) is 0 Å². The summed E-state index contributed by atoms with van der Waals surface area (Å²) < 4.78 is 26.1. The van der Waals surface area contributed by atoms with Crippen molar-refractivity contribution in [3.05, 3.63) is 45.9 Å². The predicted octanol–water partition coefficient (Wildman–Crippen LogP) is 1.04. The molecule has 0 aliphatic heterocycles. The fourth-order valence-electron chi connectivity index (χ4n) is 2.14. The van der Waals surface area contributed by atoms with Gasteiger partial charge in [0.05, 0.1) is 16.3 Å². The summed E-state index contributed by atoms with van der Waals surface area (Å²) in [6.45, 7) is 2.35. The van der Waals surface area contributed by atoms with Crippen LogP contribution in [0.3, 0.4) is 0 Å². The van der Waals surface area contributed by atoms with Gasteiger partial charge in [-0.3, -0.25) is 4.79 Å². The molecule has 3 N–H and O–H groups in total. The largest absolute Gasteiger partial charge is 0.476 e. The molecule has 1 heterocycles. The highest BCUT2D eigenvalue weighted by Gasteiger charge is 2.13. The molecule has 2 aromatic rings. The number of amides is 1. The molecule has 10 heteroatoms. The first-order valence-corrected chi connectivity index (χ1v) is 10.2. The third-order valence-corrected chi connectivity index (χ3v) is 5.83. The van der Waals surface area contributed by atoms with Crippen molar-refractivity contribution < 1.29 is 23.1 Å². The van der Waals surface area contributed by atoms with E-state index in [9.17, 15) is 18.0 Å². The predicted molar refractivity (Wildman–Crippen MR) is 96.8 cm³/mol. The standard InChI is InChI=1S/C16H19N3O5S2/c1-2-18-26(23,24)12-5-3-11(4-6-12)9-14(20)17-8-7-15-19-13(10-25-15)16(21)22/h3-6,10,18H,2,7-9H2,1H3,(H,17,20)(H,21,22). The maximum atomic E-state index is 11.9. The third-order valence-electron chi connectivity index (χ3n) is 3.36. The Morgan fingerprint density at radius 2 is 1.92 bits per heavy atom. The molecule has 0 saturated heterocycles. The van der Waals surface area contributed by atoms with Crippen molar-refractivity contribution in [3.8, 4) is 0 Å². The quantitative estimate of drug-likeness (QED) is 0.580. The first-order valence-electron chi connectivity index (χ1n) is 7.85. The van der Waals surface area contributed by atoms with Crippen molar-refractivity contribution in [2.75, 3.05) is 13.1 Å². The second-order valence-electron chi connectivity index (χ2n) is 5.35. The molecule has 0 atom stereocenters. The molecular weight excluding hydrogens is 378 g/mol. The molecule has 0 aliphatic carbocycles. The van der Waals surface area contributed by atoms with Crippen LogP contribution in [0.5, 0.6) is 0 Å². The van der Waals surface area contributed by atoms with E-state index in [0.717, 1.165) is 0 Å². The molecule has 0 radical (unpaired) electrons. The molecule has 2 rings (SSSR count). The zero-order valence-corrected chi connectivity index (χ0v) is 15.7. The number of aromatic carboxylic acids is 1. The number of sulfonamides is 1. The summed E-state index contributed by atoms with van der Waals surface area (Å²) in [6, 6.07) is 6.13. The van der Waals surface area contributed by atoms with Crippen molar-refractivity contribution in [1.82, 2.24) is 15.0 Å². The number of carbonyl (C=O) groups is 2. The number of carboxylic acid groups (broad SMARTS) is 1. The molecule has 0 aliphatic rings. The van der Waals surface area contributed by atoms with E-state index in [-0.39, 0.29) is 22.9 Å². The molecular formula is C16H19N3O5S2. The molecule has 0 saturated carbocycles. The highest BCUT2D eigenvalue weighted by Crippen LogP contribution is 2.12. The minimum atomic E-state index is -3.50. The van der Waals surface area contributed by atoms with Crippen LogP contribution >= 0.6 is 11.3 Å². The van der Waals surface area contributed by atoms with Gasteiger partial charge in [-0.2, -0.15) is 0 Å². The lowest BCUT2D eigenvalue weighted by Crippen LogP contribution is -2.27. The Morgan fingerprint density at radius 1 is 1.23 bits per heavy atom. The van der Waals surface area contributed by atoms with Gasteiger partial charge < -0.3 is 10.4 Å². The Kier molecular flexibility index (Phi) is 6.83. The van der Waals surface area contributed by atoms with E-state index in [1.165, 1.54) is 28.8 Å². The lowest BCUT2D eigenvalue weighted by molar-refractivity contribution is -0.120. The molecule has 1 aromatic carbocycles. The van der Waals surface area contributed by atoms with Gasteiger partial charge in [0.15, 0.2) is 5.69 Å². The Labute approximate surface area is 155 Å². The number of hydrogen-bond acceptors (Lipinski definition) is 6. The molecule has 1 amide bonds. The zero-order chi connectivity index (χ0) is 19.2. The Morgan fingerprint density at radius 3 is 2.50 bits per heavy atom. The number of carboxylic acids is 1. The van der Waals surface area contributed by atoms with E-state index in [1.54, 1.807) is 19.1 Å². The lowest BCUT2D eigenvalue weighted by atomic mass is 10.1. The summed E-state index contributed by atoms with van der Waals surface area (Å²) in [5, 5.41) is 13.6. The number of carbonyl (C=O) groups excluding carboxylic acids is 1. The molecule has 8 nitrogen and oxygen atoms in total. The maximum Gasteiger partial charge on any atom is 0.355 e. The van der Waals surface area contributed by atoms with Gasteiger partial charge in [0.25, 0.3) is 0 Å². The van der Waals surface area contributed by atoms with E-state index >= 15 is 0 Å². The summed E-state index contributed by atoms with van der Waals surface area (Å²) in [5.74, 6) is -1.28. The van der Waals surface area contributed by atoms with Crippen LogP contribution in [0.2, 0.25) is 0 Å². The van der Waals surface area contributed by atoms with Crippen molar-refractivity contribution in [2.45, 2.75) is 24.7 Å².